The number of nitrogens with one attached hydrogen (secondary N) is 1. The number of benzene rings is 1. The van der Waals surface area contributed by atoms with Crippen LogP contribution in [0.1, 0.15) is 45.4 Å². The van der Waals surface area contributed by atoms with Gasteiger partial charge in [0.2, 0.25) is 0 Å². The molecule has 3 nitrogen and oxygen atoms in total. The molecular weight excluding hydrogens is 250 g/mol. The van der Waals surface area contributed by atoms with E-state index in [1.165, 1.54) is 38.5 Å². The zero-order valence-corrected chi connectivity index (χ0v) is 12.6. The van der Waals surface area contributed by atoms with Gasteiger partial charge in [-0.3, -0.25) is 0 Å². The lowest BCUT2D eigenvalue weighted by Gasteiger charge is -2.26. The molecule has 0 aromatic heterocycles. The van der Waals surface area contributed by atoms with E-state index in [9.17, 15) is 0 Å². The van der Waals surface area contributed by atoms with Crippen LogP contribution >= 0.6 is 0 Å². The summed E-state index contributed by atoms with van der Waals surface area (Å²) in [6, 6.07) is 7.87. The van der Waals surface area contributed by atoms with Crippen LogP contribution in [-0.2, 0) is 0 Å². The van der Waals surface area contributed by atoms with Gasteiger partial charge < -0.3 is 14.8 Å². The van der Waals surface area contributed by atoms with Crippen LogP contribution in [0.25, 0.3) is 0 Å². The second kappa shape index (κ2) is 8.85. The molecule has 1 unspecified atom stereocenters. The summed E-state index contributed by atoms with van der Waals surface area (Å²) < 4.78 is 11.6. The molecule has 0 spiro atoms. The fraction of sp³-hybridized carbons (Fsp3) is 0.647. The molecular formula is C17H27NO2. The predicted octanol–water partition coefficient (Wildman–Crippen LogP) is 3.78. The topological polar surface area (TPSA) is 30.5 Å². The van der Waals surface area contributed by atoms with Crippen molar-refractivity contribution >= 4 is 0 Å². The first-order chi connectivity index (χ1) is 9.90. The van der Waals surface area contributed by atoms with Gasteiger partial charge >= 0.3 is 0 Å². The normalized spacial score (nSPS) is 17.1. The molecule has 1 aromatic carbocycles. The Balaban J connectivity index is 1.53. The van der Waals surface area contributed by atoms with E-state index in [-0.39, 0.29) is 6.10 Å². The number of rotatable bonds is 9. The number of fused-ring (bicyclic) bond motifs is 1. The first-order valence-corrected chi connectivity index (χ1v) is 7.99. The van der Waals surface area contributed by atoms with E-state index in [2.05, 4.69) is 12.2 Å². The standard InChI is InChI=1S/C17H27NO2/c1-2-3-4-5-6-9-12-18-13-15-14-19-16-10-7-8-11-17(16)20-15/h7-8,10-11,15,18H,2-6,9,12-14H2,1H3. The number of ether oxygens (including phenoxy) is 2. The van der Waals surface area contributed by atoms with Crippen molar-refractivity contribution < 1.29 is 9.47 Å². The predicted molar refractivity (Wildman–Crippen MR) is 82.6 cm³/mol. The monoisotopic (exact) mass is 277 g/mol. The van der Waals surface area contributed by atoms with Gasteiger partial charge in [0.1, 0.15) is 12.7 Å². The van der Waals surface area contributed by atoms with Crippen LogP contribution in [-0.4, -0.2) is 25.8 Å². The van der Waals surface area contributed by atoms with Gasteiger partial charge in [0, 0.05) is 6.54 Å². The molecule has 1 atom stereocenters. The SMILES string of the molecule is CCCCCCCCNCC1COc2ccccc2O1. The van der Waals surface area contributed by atoms with Crippen molar-refractivity contribution in [1.29, 1.82) is 0 Å². The van der Waals surface area contributed by atoms with Gasteiger partial charge in [-0.1, -0.05) is 51.2 Å². The number of unbranched alkanes of at least 4 members (excludes halogenated alkanes) is 5. The smallest absolute Gasteiger partial charge is 0.161 e. The molecule has 1 aliphatic rings. The quantitative estimate of drug-likeness (QED) is 0.697. The fourth-order valence-electron chi connectivity index (χ4n) is 2.46. The van der Waals surface area contributed by atoms with E-state index in [0.29, 0.717) is 6.61 Å². The molecule has 0 radical (unpaired) electrons. The van der Waals surface area contributed by atoms with Gasteiger partial charge in [0.25, 0.3) is 0 Å². The Morgan fingerprint density at radius 2 is 1.80 bits per heavy atom. The van der Waals surface area contributed by atoms with E-state index in [1.54, 1.807) is 0 Å². The van der Waals surface area contributed by atoms with Gasteiger partial charge in [0.05, 0.1) is 0 Å². The number of hydrogen-bond acceptors (Lipinski definition) is 3. The highest BCUT2D eigenvalue weighted by molar-refractivity contribution is 5.40. The summed E-state index contributed by atoms with van der Waals surface area (Å²) in [5.41, 5.74) is 0. The maximum Gasteiger partial charge on any atom is 0.161 e. The highest BCUT2D eigenvalue weighted by Gasteiger charge is 2.19. The van der Waals surface area contributed by atoms with Crippen LogP contribution in [0.5, 0.6) is 11.5 Å². The van der Waals surface area contributed by atoms with E-state index >= 15 is 0 Å². The van der Waals surface area contributed by atoms with Crippen molar-refractivity contribution in [1.82, 2.24) is 5.32 Å². The van der Waals surface area contributed by atoms with Crippen molar-refractivity contribution in [2.24, 2.45) is 0 Å². The molecule has 0 bridgehead atoms. The average Bonchev–Trinajstić information content (AvgIpc) is 2.50. The van der Waals surface area contributed by atoms with Crippen molar-refractivity contribution in [2.75, 3.05) is 19.7 Å². The van der Waals surface area contributed by atoms with Gasteiger partial charge in [0.15, 0.2) is 11.5 Å². The second-order valence-electron chi connectivity index (χ2n) is 5.47. The van der Waals surface area contributed by atoms with Gasteiger partial charge in [-0.15, -0.1) is 0 Å². The molecule has 0 amide bonds. The Morgan fingerprint density at radius 1 is 1.05 bits per heavy atom. The lowest BCUT2D eigenvalue weighted by Crippen LogP contribution is -2.38. The zero-order chi connectivity index (χ0) is 14.0. The lowest BCUT2D eigenvalue weighted by molar-refractivity contribution is 0.0905. The average molecular weight is 277 g/mol. The molecule has 0 saturated heterocycles. The Hall–Kier alpha value is -1.22. The summed E-state index contributed by atoms with van der Waals surface area (Å²) in [5, 5.41) is 3.47. The van der Waals surface area contributed by atoms with Crippen molar-refractivity contribution in [3.8, 4) is 11.5 Å². The van der Waals surface area contributed by atoms with E-state index in [4.69, 9.17) is 9.47 Å². The van der Waals surface area contributed by atoms with Crippen LogP contribution in [0, 0.1) is 0 Å². The molecule has 0 saturated carbocycles. The van der Waals surface area contributed by atoms with E-state index in [0.717, 1.165) is 24.6 Å². The van der Waals surface area contributed by atoms with E-state index in [1.807, 2.05) is 24.3 Å². The summed E-state index contributed by atoms with van der Waals surface area (Å²) in [4.78, 5) is 0. The molecule has 1 N–H and O–H groups in total. The first-order valence-electron chi connectivity index (χ1n) is 7.99. The molecule has 0 aliphatic carbocycles. The summed E-state index contributed by atoms with van der Waals surface area (Å²) in [7, 11) is 0. The lowest BCUT2D eigenvalue weighted by atomic mass is 10.1. The summed E-state index contributed by atoms with van der Waals surface area (Å²) >= 11 is 0. The van der Waals surface area contributed by atoms with Crippen LogP contribution in [0.3, 0.4) is 0 Å². The number of hydrogen-bond donors (Lipinski definition) is 1. The molecule has 1 aliphatic heterocycles. The summed E-state index contributed by atoms with van der Waals surface area (Å²) in [6.45, 7) is 4.84. The highest BCUT2D eigenvalue weighted by atomic mass is 16.6. The van der Waals surface area contributed by atoms with Gasteiger partial charge in [-0.2, -0.15) is 0 Å². The summed E-state index contributed by atoms with van der Waals surface area (Å²) in [5.74, 6) is 1.73. The third-order valence-corrected chi connectivity index (χ3v) is 3.65. The van der Waals surface area contributed by atoms with Crippen molar-refractivity contribution in [3.63, 3.8) is 0 Å². The van der Waals surface area contributed by atoms with Crippen LogP contribution in [0.15, 0.2) is 24.3 Å². The minimum Gasteiger partial charge on any atom is -0.486 e. The molecule has 112 valence electrons. The molecule has 0 fully saturated rings. The molecule has 2 rings (SSSR count). The molecule has 1 aromatic rings. The van der Waals surface area contributed by atoms with Crippen molar-refractivity contribution in [2.45, 2.75) is 51.6 Å². The van der Waals surface area contributed by atoms with Crippen LogP contribution in [0.2, 0.25) is 0 Å². The summed E-state index contributed by atoms with van der Waals surface area (Å²) in [6.07, 6.45) is 8.16. The molecule has 1 heterocycles. The third-order valence-electron chi connectivity index (χ3n) is 3.65. The minimum atomic E-state index is 0.130. The maximum absolute atomic E-state index is 5.90. The van der Waals surface area contributed by atoms with Gasteiger partial charge in [-0.25, -0.2) is 0 Å². The highest BCUT2D eigenvalue weighted by Crippen LogP contribution is 2.30. The molecule has 20 heavy (non-hydrogen) atoms. The number of para-hydroxylation sites is 2. The Labute approximate surface area is 122 Å². The fourth-order valence-corrected chi connectivity index (χ4v) is 2.46. The molecule has 3 heteroatoms. The third kappa shape index (κ3) is 5.04. The Morgan fingerprint density at radius 3 is 2.65 bits per heavy atom. The first kappa shape index (κ1) is 15.2. The largest absolute Gasteiger partial charge is 0.486 e. The van der Waals surface area contributed by atoms with E-state index < -0.39 is 0 Å². The minimum absolute atomic E-state index is 0.130. The van der Waals surface area contributed by atoms with Crippen LogP contribution < -0.4 is 14.8 Å². The van der Waals surface area contributed by atoms with Crippen LogP contribution in [0.4, 0.5) is 0 Å². The zero-order valence-electron chi connectivity index (χ0n) is 12.6. The second-order valence-corrected chi connectivity index (χ2v) is 5.47. The Bertz CT molecular complexity index is 381. The van der Waals surface area contributed by atoms with Gasteiger partial charge in [-0.05, 0) is 25.1 Å². The Kier molecular flexibility index (Phi) is 6.72. The maximum atomic E-state index is 5.90. The van der Waals surface area contributed by atoms with Crippen molar-refractivity contribution in [3.05, 3.63) is 24.3 Å².